The third kappa shape index (κ3) is 4.64. The van der Waals surface area contributed by atoms with E-state index in [9.17, 15) is 14.4 Å². The molecule has 4 rings (SSSR count). The third-order valence-corrected chi connectivity index (χ3v) is 8.09. The second-order valence-electron chi connectivity index (χ2n) is 10.1. The molecule has 3 aliphatic rings. The monoisotopic (exact) mass is 463 g/mol. The summed E-state index contributed by atoms with van der Waals surface area (Å²) in [6, 6.07) is 2.11. The van der Waals surface area contributed by atoms with Gasteiger partial charge in [-0.2, -0.15) is 0 Å². The fourth-order valence-corrected chi connectivity index (χ4v) is 6.57. The van der Waals surface area contributed by atoms with Crippen molar-refractivity contribution in [3.63, 3.8) is 0 Å². The van der Waals surface area contributed by atoms with Crippen LogP contribution in [0.3, 0.4) is 0 Å². The number of rotatable bonds is 5. The van der Waals surface area contributed by atoms with Crippen LogP contribution in [0.5, 0.6) is 0 Å². The molecule has 1 amide bonds. The molecule has 0 radical (unpaired) electrons. The first-order chi connectivity index (χ1) is 15.1. The maximum atomic E-state index is 13.0. The lowest BCUT2D eigenvalue weighted by Gasteiger charge is -2.44. The van der Waals surface area contributed by atoms with Gasteiger partial charge in [0.15, 0.2) is 0 Å². The number of anilines is 1. The summed E-state index contributed by atoms with van der Waals surface area (Å²) < 4.78 is 5.66. The number of likely N-dealkylation sites (tertiary alicyclic amines) is 2. The number of carboxylic acids is 1. The molecule has 1 spiro atoms. The van der Waals surface area contributed by atoms with E-state index in [1.807, 2.05) is 18.7 Å². The predicted molar refractivity (Wildman–Crippen MR) is 122 cm³/mol. The first-order valence-corrected chi connectivity index (χ1v) is 12.3. The Morgan fingerprint density at radius 3 is 2.62 bits per heavy atom. The SMILES string of the molecule is CC1(C)CC2(CCCN(C3CCN(C(=O)c4cc(CCC(=O)O)sc4N)CC3)C2)C(=O)O1. The van der Waals surface area contributed by atoms with Crippen LogP contribution >= 0.6 is 11.3 Å². The number of nitrogens with two attached hydrogens (primary N) is 1. The van der Waals surface area contributed by atoms with Crippen molar-refractivity contribution in [3.05, 3.63) is 16.5 Å². The van der Waals surface area contributed by atoms with Gasteiger partial charge < -0.3 is 20.5 Å². The summed E-state index contributed by atoms with van der Waals surface area (Å²) in [5.41, 5.74) is 5.79. The fraction of sp³-hybridized carbons (Fsp3) is 0.696. The van der Waals surface area contributed by atoms with E-state index in [1.165, 1.54) is 11.3 Å². The van der Waals surface area contributed by atoms with Crippen LogP contribution in [0, 0.1) is 5.41 Å². The van der Waals surface area contributed by atoms with E-state index in [-0.39, 0.29) is 29.3 Å². The summed E-state index contributed by atoms with van der Waals surface area (Å²) >= 11 is 1.30. The number of carbonyl (C=O) groups excluding carboxylic acids is 2. The van der Waals surface area contributed by atoms with E-state index >= 15 is 0 Å². The quantitative estimate of drug-likeness (QED) is 0.646. The maximum absolute atomic E-state index is 13.0. The number of carboxylic acid groups (broad SMARTS) is 1. The van der Waals surface area contributed by atoms with Crippen molar-refractivity contribution in [2.45, 2.75) is 70.4 Å². The number of aryl methyl sites for hydroxylation is 1. The van der Waals surface area contributed by atoms with Crippen LogP contribution in [0.25, 0.3) is 0 Å². The molecule has 8 nitrogen and oxygen atoms in total. The molecule has 0 bridgehead atoms. The number of cyclic esters (lactones) is 1. The van der Waals surface area contributed by atoms with Crippen molar-refractivity contribution in [2.75, 3.05) is 31.9 Å². The van der Waals surface area contributed by atoms with Gasteiger partial charge in [0, 0.05) is 37.0 Å². The van der Waals surface area contributed by atoms with Gasteiger partial charge in [-0.15, -0.1) is 11.3 Å². The van der Waals surface area contributed by atoms with Gasteiger partial charge in [0.1, 0.15) is 5.60 Å². The van der Waals surface area contributed by atoms with Crippen LogP contribution in [0.15, 0.2) is 6.07 Å². The minimum absolute atomic E-state index is 0.0288. The first-order valence-electron chi connectivity index (χ1n) is 11.5. The Kier molecular flexibility index (Phi) is 6.24. The number of carbonyl (C=O) groups is 3. The smallest absolute Gasteiger partial charge is 0.314 e. The third-order valence-electron chi connectivity index (χ3n) is 7.07. The van der Waals surface area contributed by atoms with E-state index in [1.54, 1.807) is 6.07 Å². The van der Waals surface area contributed by atoms with Crippen LogP contribution < -0.4 is 5.73 Å². The van der Waals surface area contributed by atoms with Crippen molar-refractivity contribution in [2.24, 2.45) is 5.41 Å². The van der Waals surface area contributed by atoms with Gasteiger partial charge in [-0.25, -0.2) is 0 Å². The van der Waals surface area contributed by atoms with Crippen molar-refractivity contribution in [1.82, 2.24) is 9.80 Å². The van der Waals surface area contributed by atoms with E-state index in [4.69, 9.17) is 15.6 Å². The molecule has 1 atom stereocenters. The zero-order valence-electron chi connectivity index (χ0n) is 18.9. The molecule has 4 heterocycles. The molecule has 1 aromatic heterocycles. The molecule has 3 fully saturated rings. The number of piperidine rings is 2. The summed E-state index contributed by atoms with van der Waals surface area (Å²) in [5, 5.41) is 9.33. The molecule has 1 aromatic rings. The van der Waals surface area contributed by atoms with Gasteiger partial charge in [-0.3, -0.25) is 19.3 Å². The lowest BCUT2D eigenvalue weighted by molar-refractivity contribution is -0.154. The van der Waals surface area contributed by atoms with Gasteiger partial charge >= 0.3 is 11.9 Å². The second-order valence-corrected chi connectivity index (χ2v) is 11.3. The summed E-state index contributed by atoms with van der Waals surface area (Å²) in [6.07, 6.45) is 4.82. The van der Waals surface area contributed by atoms with Gasteiger partial charge in [-0.05, 0) is 58.6 Å². The highest BCUT2D eigenvalue weighted by Crippen LogP contribution is 2.46. The number of hydrogen-bond acceptors (Lipinski definition) is 7. The summed E-state index contributed by atoms with van der Waals surface area (Å²) in [6.45, 7) is 7.03. The molecule has 3 aliphatic heterocycles. The number of nitrogens with zero attached hydrogens (tertiary/aromatic N) is 2. The molecule has 0 aromatic carbocycles. The number of thiophene rings is 1. The van der Waals surface area contributed by atoms with E-state index in [2.05, 4.69) is 4.90 Å². The Labute approximate surface area is 192 Å². The highest BCUT2D eigenvalue weighted by atomic mass is 32.1. The number of nitrogen functional groups attached to an aromatic ring is 1. The van der Waals surface area contributed by atoms with Crippen molar-refractivity contribution >= 4 is 34.2 Å². The highest BCUT2D eigenvalue weighted by molar-refractivity contribution is 7.16. The summed E-state index contributed by atoms with van der Waals surface area (Å²) in [5.74, 6) is -0.984. The Balaban J connectivity index is 1.35. The Morgan fingerprint density at radius 2 is 2.00 bits per heavy atom. The largest absolute Gasteiger partial charge is 0.481 e. The molecule has 0 saturated carbocycles. The summed E-state index contributed by atoms with van der Waals surface area (Å²) in [7, 11) is 0. The zero-order valence-corrected chi connectivity index (χ0v) is 19.7. The van der Waals surface area contributed by atoms with Crippen molar-refractivity contribution in [3.8, 4) is 0 Å². The zero-order chi connectivity index (χ0) is 23.1. The highest BCUT2D eigenvalue weighted by Gasteiger charge is 2.54. The lowest BCUT2D eigenvalue weighted by atomic mass is 9.74. The molecular weight excluding hydrogens is 430 g/mol. The van der Waals surface area contributed by atoms with Crippen LogP contribution in [-0.2, 0) is 20.7 Å². The Bertz CT molecular complexity index is 905. The first kappa shape index (κ1) is 23.0. The van der Waals surface area contributed by atoms with Crippen LogP contribution in [0.2, 0.25) is 0 Å². The number of esters is 1. The molecule has 176 valence electrons. The summed E-state index contributed by atoms with van der Waals surface area (Å²) in [4.78, 5) is 41.6. The molecule has 1 unspecified atom stereocenters. The van der Waals surface area contributed by atoms with Crippen molar-refractivity contribution < 1.29 is 24.2 Å². The second kappa shape index (κ2) is 8.67. The Morgan fingerprint density at radius 1 is 1.28 bits per heavy atom. The van der Waals surface area contributed by atoms with Gasteiger partial charge in [0.2, 0.25) is 0 Å². The minimum atomic E-state index is -0.860. The average molecular weight is 464 g/mol. The normalized spacial score (nSPS) is 26.4. The minimum Gasteiger partial charge on any atom is -0.481 e. The van der Waals surface area contributed by atoms with Crippen molar-refractivity contribution in [1.29, 1.82) is 0 Å². The van der Waals surface area contributed by atoms with Crippen LogP contribution in [0.4, 0.5) is 5.00 Å². The maximum Gasteiger partial charge on any atom is 0.314 e. The van der Waals surface area contributed by atoms with E-state index < -0.39 is 5.97 Å². The number of ether oxygens (including phenoxy) is 1. The molecule has 9 heteroatoms. The van der Waals surface area contributed by atoms with Gasteiger partial charge in [-0.1, -0.05) is 0 Å². The molecular formula is C23H33N3O5S. The average Bonchev–Trinajstić information content (AvgIpc) is 3.21. The molecule has 3 N–H and O–H groups in total. The predicted octanol–water partition coefficient (Wildman–Crippen LogP) is 2.76. The van der Waals surface area contributed by atoms with E-state index in [0.29, 0.717) is 36.1 Å². The number of aliphatic carboxylic acids is 1. The molecule has 0 aliphatic carbocycles. The van der Waals surface area contributed by atoms with E-state index in [0.717, 1.165) is 50.1 Å². The van der Waals surface area contributed by atoms with Gasteiger partial charge in [0.05, 0.1) is 22.4 Å². The Hall–Kier alpha value is -2.13. The molecule has 32 heavy (non-hydrogen) atoms. The fourth-order valence-electron chi connectivity index (χ4n) is 5.66. The van der Waals surface area contributed by atoms with Crippen LogP contribution in [0.1, 0.15) is 67.6 Å². The standard InChI is InChI=1S/C23H33N3O5S/c1-22(2)13-23(21(30)31-22)8-3-9-26(14-23)15-6-10-25(11-7-15)20(29)17-12-16(32-19(17)24)4-5-18(27)28/h12,15H,3-11,13-14,24H2,1-2H3,(H,27,28). The number of amides is 1. The number of hydrogen-bond donors (Lipinski definition) is 2. The van der Waals surface area contributed by atoms with Gasteiger partial charge in [0.25, 0.3) is 5.91 Å². The lowest BCUT2D eigenvalue weighted by Crippen LogP contribution is -2.53. The molecule has 3 saturated heterocycles. The topological polar surface area (TPSA) is 113 Å². The van der Waals surface area contributed by atoms with Crippen LogP contribution in [-0.4, -0.2) is 70.6 Å².